The fraction of sp³-hybridized carbons (Fsp3) is 0. The smallest absolute Gasteiger partial charge is 0.211 e. The third-order valence-corrected chi connectivity index (χ3v) is 3.67. The Morgan fingerprint density at radius 2 is 1.86 bits per heavy atom. The van der Waals surface area contributed by atoms with E-state index in [4.69, 9.17) is 0 Å². The maximum absolute atomic E-state index is 13.3. The number of nitrogens with zero attached hydrogens (tertiary/aromatic N) is 2. The number of aromatic nitrogens is 2. The van der Waals surface area contributed by atoms with Crippen LogP contribution in [0.25, 0.3) is 5.69 Å². The van der Waals surface area contributed by atoms with Crippen LogP contribution in [0.4, 0.5) is 4.39 Å². The number of carbonyl (C=O) groups is 1. The Hall–Kier alpha value is -2.27. The summed E-state index contributed by atoms with van der Waals surface area (Å²) < 4.78 is 15.1. The van der Waals surface area contributed by atoms with Gasteiger partial charge in [-0.1, -0.05) is 18.2 Å². The van der Waals surface area contributed by atoms with Crippen LogP contribution in [0.15, 0.2) is 65.3 Å². The van der Waals surface area contributed by atoms with Gasteiger partial charge in [-0.25, -0.2) is 9.07 Å². The van der Waals surface area contributed by atoms with Gasteiger partial charge < -0.3 is 0 Å². The molecule has 1 aromatic heterocycles. The van der Waals surface area contributed by atoms with Gasteiger partial charge in [0.1, 0.15) is 11.5 Å². The second kappa shape index (κ2) is 5.61. The van der Waals surface area contributed by atoms with Gasteiger partial charge in [-0.05, 0) is 52.3 Å². The van der Waals surface area contributed by atoms with Crippen molar-refractivity contribution in [3.05, 3.63) is 82.3 Å². The highest BCUT2D eigenvalue weighted by Crippen LogP contribution is 2.20. The molecule has 21 heavy (non-hydrogen) atoms. The zero-order valence-electron chi connectivity index (χ0n) is 10.8. The lowest BCUT2D eigenvalue weighted by Gasteiger charge is -2.07. The number of carbonyl (C=O) groups excluding carboxylic acids is 1. The Labute approximate surface area is 129 Å². The molecule has 1 heterocycles. The van der Waals surface area contributed by atoms with E-state index < -0.39 is 5.82 Å². The molecule has 2 aromatic carbocycles. The third kappa shape index (κ3) is 2.64. The summed E-state index contributed by atoms with van der Waals surface area (Å²) >= 11 is 3.09. The number of benzene rings is 2. The molecule has 0 saturated carbocycles. The monoisotopic (exact) mass is 344 g/mol. The molecule has 0 aliphatic rings. The van der Waals surface area contributed by atoms with Gasteiger partial charge in [-0.2, -0.15) is 5.10 Å². The maximum atomic E-state index is 13.3. The summed E-state index contributed by atoms with van der Waals surface area (Å²) in [7, 11) is 0. The summed E-state index contributed by atoms with van der Waals surface area (Å²) in [5.74, 6) is -0.611. The average molecular weight is 345 g/mol. The third-order valence-electron chi connectivity index (χ3n) is 3.06. The number of hydrogen-bond donors (Lipinski definition) is 0. The number of halogens is 2. The first kappa shape index (κ1) is 13.7. The standard InChI is InChI=1S/C16H10BrFN2O/c17-13-10-11(6-7-14(13)18)16(21)15-8-9-19-20(15)12-4-2-1-3-5-12/h1-10H. The van der Waals surface area contributed by atoms with Gasteiger partial charge in [0.25, 0.3) is 0 Å². The van der Waals surface area contributed by atoms with Crippen molar-refractivity contribution in [1.82, 2.24) is 9.78 Å². The van der Waals surface area contributed by atoms with E-state index in [1.54, 1.807) is 16.9 Å². The fourth-order valence-corrected chi connectivity index (χ4v) is 2.41. The van der Waals surface area contributed by atoms with Crippen LogP contribution in [-0.2, 0) is 0 Å². The van der Waals surface area contributed by atoms with Gasteiger partial charge in [0, 0.05) is 5.56 Å². The minimum absolute atomic E-state index is 0.211. The molecule has 0 aliphatic carbocycles. The summed E-state index contributed by atoms with van der Waals surface area (Å²) in [6.07, 6.45) is 1.57. The number of rotatable bonds is 3. The molecule has 0 N–H and O–H groups in total. The Bertz CT molecular complexity index is 799. The van der Waals surface area contributed by atoms with E-state index in [0.29, 0.717) is 11.3 Å². The first-order valence-electron chi connectivity index (χ1n) is 6.26. The average Bonchev–Trinajstić information content (AvgIpc) is 2.99. The molecule has 3 rings (SSSR count). The van der Waals surface area contributed by atoms with Gasteiger partial charge in [0.05, 0.1) is 16.4 Å². The molecule has 3 nitrogen and oxygen atoms in total. The van der Waals surface area contributed by atoms with Crippen LogP contribution in [0, 0.1) is 5.82 Å². The van der Waals surface area contributed by atoms with Gasteiger partial charge >= 0.3 is 0 Å². The number of ketones is 1. The normalized spacial score (nSPS) is 10.6. The summed E-state index contributed by atoms with van der Waals surface area (Å²) in [4.78, 5) is 12.6. The van der Waals surface area contributed by atoms with Crippen molar-refractivity contribution in [2.45, 2.75) is 0 Å². The molecule has 0 unspecified atom stereocenters. The van der Waals surface area contributed by atoms with Crippen LogP contribution in [0.5, 0.6) is 0 Å². The van der Waals surface area contributed by atoms with Gasteiger partial charge in [-0.3, -0.25) is 4.79 Å². The van der Waals surface area contributed by atoms with E-state index in [9.17, 15) is 9.18 Å². The van der Waals surface area contributed by atoms with Gasteiger partial charge in [0.15, 0.2) is 0 Å². The van der Waals surface area contributed by atoms with E-state index in [2.05, 4.69) is 21.0 Å². The Morgan fingerprint density at radius 3 is 2.57 bits per heavy atom. The Kier molecular flexibility index (Phi) is 3.66. The molecule has 5 heteroatoms. The summed E-state index contributed by atoms with van der Waals surface area (Å²) in [5.41, 5.74) is 1.63. The van der Waals surface area contributed by atoms with Crippen LogP contribution in [0.1, 0.15) is 16.1 Å². The lowest BCUT2D eigenvalue weighted by molar-refractivity contribution is 0.103. The Balaban J connectivity index is 2.03. The lowest BCUT2D eigenvalue weighted by Crippen LogP contribution is -2.10. The summed E-state index contributed by atoms with van der Waals surface area (Å²) in [6, 6.07) is 15.2. The molecule has 0 amide bonds. The van der Waals surface area contributed by atoms with E-state index in [1.165, 1.54) is 18.2 Å². The van der Waals surface area contributed by atoms with Crippen LogP contribution < -0.4 is 0 Å². The highest BCUT2D eigenvalue weighted by Gasteiger charge is 2.16. The van der Waals surface area contributed by atoms with Crippen molar-refractivity contribution < 1.29 is 9.18 Å². The summed E-state index contributed by atoms with van der Waals surface area (Å²) in [6.45, 7) is 0. The molecule has 0 aliphatic heterocycles. The summed E-state index contributed by atoms with van der Waals surface area (Å²) in [5, 5.41) is 4.18. The van der Waals surface area contributed by atoms with Crippen molar-refractivity contribution in [3.8, 4) is 5.69 Å². The van der Waals surface area contributed by atoms with E-state index in [0.717, 1.165) is 5.69 Å². The largest absolute Gasteiger partial charge is 0.287 e. The molecule has 0 bridgehead atoms. The molecule has 0 saturated heterocycles. The quantitative estimate of drug-likeness (QED) is 0.673. The molecule has 3 aromatic rings. The van der Waals surface area contributed by atoms with E-state index in [-0.39, 0.29) is 10.3 Å². The van der Waals surface area contributed by atoms with Crippen molar-refractivity contribution in [3.63, 3.8) is 0 Å². The van der Waals surface area contributed by atoms with Crippen LogP contribution in [0.3, 0.4) is 0 Å². The first-order chi connectivity index (χ1) is 10.2. The SMILES string of the molecule is O=C(c1ccc(F)c(Br)c1)c1ccnn1-c1ccccc1. The van der Waals surface area contributed by atoms with Crippen LogP contribution in [-0.4, -0.2) is 15.6 Å². The van der Waals surface area contributed by atoms with Crippen molar-refractivity contribution in [1.29, 1.82) is 0 Å². The van der Waals surface area contributed by atoms with Crippen molar-refractivity contribution in [2.24, 2.45) is 0 Å². The Morgan fingerprint density at radius 1 is 1.10 bits per heavy atom. The van der Waals surface area contributed by atoms with Crippen LogP contribution >= 0.6 is 15.9 Å². The second-order valence-electron chi connectivity index (χ2n) is 4.42. The van der Waals surface area contributed by atoms with Crippen molar-refractivity contribution >= 4 is 21.7 Å². The minimum Gasteiger partial charge on any atom is -0.287 e. The van der Waals surface area contributed by atoms with Crippen LogP contribution in [0.2, 0.25) is 0 Å². The van der Waals surface area contributed by atoms with Gasteiger partial charge in [0.2, 0.25) is 5.78 Å². The highest BCUT2D eigenvalue weighted by atomic mass is 79.9. The molecule has 0 radical (unpaired) electrons. The van der Waals surface area contributed by atoms with E-state index >= 15 is 0 Å². The minimum atomic E-state index is -0.400. The van der Waals surface area contributed by atoms with Crippen molar-refractivity contribution in [2.75, 3.05) is 0 Å². The number of hydrogen-bond acceptors (Lipinski definition) is 2. The maximum Gasteiger partial charge on any atom is 0.211 e. The topological polar surface area (TPSA) is 34.9 Å². The molecular formula is C16H10BrFN2O. The number of para-hydroxylation sites is 1. The first-order valence-corrected chi connectivity index (χ1v) is 7.05. The predicted octanol–water partition coefficient (Wildman–Crippen LogP) is 4.00. The zero-order valence-corrected chi connectivity index (χ0v) is 12.4. The fourth-order valence-electron chi connectivity index (χ4n) is 2.04. The van der Waals surface area contributed by atoms with Gasteiger partial charge in [-0.15, -0.1) is 0 Å². The zero-order chi connectivity index (χ0) is 14.8. The predicted molar refractivity (Wildman–Crippen MR) is 81.1 cm³/mol. The molecule has 0 fully saturated rings. The van der Waals surface area contributed by atoms with E-state index in [1.807, 2.05) is 30.3 Å². The lowest BCUT2D eigenvalue weighted by atomic mass is 10.1. The second-order valence-corrected chi connectivity index (χ2v) is 5.28. The molecular weight excluding hydrogens is 335 g/mol. The highest BCUT2D eigenvalue weighted by molar-refractivity contribution is 9.10. The molecule has 0 atom stereocenters. The molecule has 104 valence electrons. The molecule has 0 spiro atoms.